The second-order valence-corrected chi connectivity index (χ2v) is 5.75. The van der Waals surface area contributed by atoms with Crippen LogP contribution in [0.3, 0.4) is 0 Å². The van der Waals surface area contributed by atoms with Crippen LogP contribution in [0.15, 0.2) is 36.4 Å². The van der Waals surface area contributed by atoms with Gasteiger partial charge >= 0.3 is 0 Å². The third kappa shape index (κ3) is 3.42. The Balaban J connectivity index is 2.34. The van der Waals surface area contributed by atoms with Crippen LogP contribution in [0.4, 0.5) is 8.78 Å². The Kier molecular flexibility index (Phi) is 3.91. The van der Waals surface area contributed by atoms with Crippen molar-refractivity contribution < 1.29 is 8.78 Å². The van der Waals surface area contributed by atoms with E-state index >= 15 is 0 Å². The lowest BCUT2D eigenvalue weighted by molar-refractivity contribution is 0.478. The van der Waals surface area contributed by atoms with E-state index in [0.717, 1.165) is 22.8 Å². The van der Waals surface area contributed by atoms with Gasteiger partial charge < -0.3 is 5.73 Å². The maximum absolute atomic E-state index is 13.3. The quantitative estimate of drug-likeness (QED) is 0.900. The minimum Gasteiger partial charge on any atom is -0.321 e. The molecular weight excluding hydrogens is 256 g/mol. The monoisotopic (exact) mass is 275 g/mol. The molecule has 0 fully saturated rings. The first kappa shape index (κ1) is 14.7. The van der Waals surface area contributed by atoms with Crippen molar-refractivity contribution in [2.75, 3.05) is 0 Å². The van der Waals surface area contributed by atoms with Crippen molar-refractivity contribution in [3.8, 4) is 0 Å². The lowest BCUT2D eigenvalue weighted by Crippen LogP contribution is -2.35. The molecule has 2 rings (SSSR count). The zero-order chi connectivity index (χ0) is 14.9. The van der Waals surface area contributed by atoms with Gasteiger partial charge in [-0.3, -0.25) is 0 Å². The summed E-state index contributed by atoms with van der Waals surface area (Å²) in [7, 11) is 0. The number of halogens is 2. The first-order chi connectivity index (χ1) is 9.26. The zero-order valence-electron chi connectivity index (χ0n) is 12.0. The fraction of sp³-hybridized carbons (Fsp3) is 0.294. The molecule has 0 amide bonds. The molecule has 0 bridgehead atoms. The summed E-state index contributed by atoms with van der Waals surface area (Å²) in [5, 5.41) is 0. The molecule has 0 aliphatic heterocycles. The predicted molar refractivity (Wildman–Crippen MR) is 77.5 cm³/mol. The summed E-state index contributed by atoms with van der Waals surface area (Å²) in [4.78, 5) is 0. The molecule has 0 radical (unpaired) electrons. The number of aryl methyl sites for hydroxylation is 2. The van der Waals surface area contributed by atoms with Crippen LogP contribution in [0.2, 0.25) is 0 Å². The van der Waals surface area contributed by atoms with Gasteiger partial charge in [0.25, 0.3) is 0 Å². The van der Waals surface area contributed by atoms with Gasteiger partial charge in [0.15, 0.2) is 0 Å². The SMILES string of the molecule is Cc1cc(C)cc(CC(C)(N)c2cc(F)cc(F)c2)c1. The van der Waals surface area contributed by atoms with E-state index in [1.165, 1.54) is 12.1 Å². The maximum Gasteiger partial charge on any atom is 0.126 e. The van der Waals surface area contributed by atoms with Crippen molar-refractivity contribution in [1.82, 2.24) is 0 Å². The van der Waals surface area contributed by atoms with Gasteiger partial charge in [0.05, 0.1) is 0 Å². The van der Waals surface area contributed by atoms with Crippen molar-refractivity contribution in [1.29, 1.82) is 0 Å². The van der Waals surface area contributed by atoms with Crippen molar-refractivity contribution in [2.24, 2.45) is 5.73 Å². The van der Waals surface area contributed by atoms with Gasteiger partial charge in [0.1, 0.15) is 11.6 Å². The standard InChI is InChI=1S/C17H19F2N/c1-11-4-12(2)6-13(5-11)10-17(3,20)14-7-15(18)9-16(19)8-14/h4-9H,10,20H2,1-3H3. The Labute approximate surface area is 118 Å². The Hall–Kier alpha value is -1.74. The summed E-state index contributed by atoms with van der Waals surface area (Å²) in [6.07, 6.45) is 0.526. The van der Waals surface area contributed by atoms with E-state index in [0.29, 0.717) is 12.0 Å². The Morgan fingerprint density at radius 3 is 1.90 bits per heavy atom. The van der Waals surface area contributed by atoms with E-state index in [1.54, 1.807) is 6.92 Å². The topological polar surface area (TPSA) is 26.0 Å². The molecule has 0 aromatic heterocycles. The molecule has 0 heterocycles. The fourth-order valence-electron chi connectivity index (χ4n) is 2.58. The number of hydrogen-bond acceptors (Lipinski definition) is 1. The van der Waals surface area contributed by atoms with E-state index in [4.69, 9.17) is 5.73 Å². The fourth-order valence-corrected chi connectivity index (χ4v) is 2.58. The van der Waals surface area contributed by atoms with E-state index in [9.17, 15) is 8.78 Å². The second kappa shape index (κ2) is 5.33. The molecular formula is C17H19F2N. The van der Waals surface area contributed by atoms with Crippen LogP contribution in [0.5, 0.6) is 0 Å². The summed E-state index contributed by atoms with van der Waals surface area (Å²) in [5.41, 5.74) is 9.30. The van der Waals surface area contributed by atoms with Crippen molar-refractivity contribution in [2.45, 2.75) is 32.7 Å². The molecule has 106 valence electrons. The molecule has 2 aromatic carbocycles. The van der Waals surface area contributed by atoms with Gasteiger partial charge in [-0.15, -0.1) is 0 Å². The van der Waals surface area contributed by atoms with E-state index in [-0.39, 0.29) is 0 Å². The van der Waals surface area contributed by atoms with Gasteiger partial charge in [-0.1, -0.05) is 29.3 Å². The number of rotatable bonds is 3. The molecule has 0 saturated carbocycles. The van der Waals surface area contributed by atoms with Gasteiger partial charge in [-0.25, -0.2) is 8.78 Å². The zero-order valence-corrected chi connectivity index (χ0v) is 12.0. The van der Waals surface area contributed by atoms with Crippen LogP contribution in [0, 0.1) is 25.5 Å². The average molecular weight is 275 g/mol. The highest BCUT2D eigenvalue weighted by molar-refractivity contribution is 5.33. The lowest BCUT2D eigenvalue weighted by atomic mass is 9.85. The minimum absolute atomic E-state index is 0.467. The van der Waals surface area contributed by atoms with Gasteiger partial charge in [0.2, 0.25) is 0 Å². The molecule has 2 N–H and O–H groups in total. The summed E-state index contributed by atoms with van der Waals surface area (Å²) >= 11 is 0. The van der Waals surface area contributed by atoms with Crippen molar-refractivity contribution in [3.63, 3.8) is 0 Å². The molecule has 3 heteroatoms. The largest absolute Gasteiger partial charge is 0.321 e. The molecule has 1 atom stereocenters. The smallest absolute Gasteiger partial charge is 0.126 e. The number of benzene rings is 2. The van der Waals surface area contributed by atoms with Gasteiger partial charge in [-0.2, -0.15) is 0 Å². The molecule has 0 spiro atoms. The minimum atomic E-state index is -0.816. The predicted octanol–water partition coefficient (Wildman–Crippen LogP) is 4.00. The molecule has 1 nitrogen and oxygen atoms in total. The Bertz CT molecular complexity index is 592. The molecule has 0 aliphatic carbocycles. The van der Waals surface area contributed by atoms with Crippen molar-refractivity contribution >= 4 is 0 Å². The van der Waals surface area contributed by atoms with Crippen LogP contribution < -0.4 is 5.73 Å². The summed E-state index contributed by atoms with van der Waals surface area (Å²) < 4.78 is 26.7. The normalized spacial score (nSPS) is 14.1. The third-order valence-electron chi connectivity index (χ3n) is 3.37. The van der Waals surface area contributed by atoms with Crippen LogP contribution in [-0.2, 0) is 12.0 Å². The van der Waals surface area contributed by atoms with Crippen molar-refractivity contribution in [3.05, 3.63) is 70.3 Å². The first-order valence-corrected chi connectivity index (χ1v) is 6.59. The summed E-state index contributed by atoms with van der Waals surface area (Å²) in [5.74, 6) is -1.20. The molecule has 0 aliphatic rings. The molecule has 2 aromatic rings. The van der Waals surface area contributed by atoms with Crippen LogP contribution in [-0.4, -0.2) is 0 Å². The first-order valence-electron chi connectivity index (χ1n) is 6.59. The van der Waals surface area contributed by atoms with E-state index in [1.807, 2.05) is 26.0 Å². The van der Waals surface area contributed by atoms with Gasteiger partial charge in [-0.05, 0) is 50.5 Å². The molecule has 1 unspecified atom stereocenters. The number of hydrogen-bond donors (Lipinski definition) is 1. The Morgan fingerprint density at radius 2 is 1.40 bits per heavy atom. The molecule has 0 saturated heterocycles. The highest BCUT2D eigenvalue weighted by Gasteiger charge is 2.23. The molecule has 20 heavy (non-hydrogen) atoms. The average Bonchev–Trinajstić information content (AvgIpc) is 2.25. The Morgan fingerprint density at radius 1 is 0.900 bits per heavy atom. The van der Waals surface area contributed by atoms with Gasteiger partial charge in [0, 0.05) is 11.6 Å². The third-order valence-corrected chi connectivity index (χ3v) is 3.37. The van der Waals surface area contributed by atoms with Crippen LogP contribution in [0.25, 0.3) is 0 Å². The maximum atomic E-state index is 13.3. The second-order valence-electron chi connectivity index (χ2n) is 5.75. The van der Waals surface area contributed by atoms with Crippen LogP contribution >= 0.6 is 0 Å². The number of nitrogens with two attached hydrogens (primary N) is 1. The lowest BCUT2D eigenvalue weighted by Gasteiger charge is -2.26. The van der Waals surface area contributed by atoms with E-state index in [2.05, 4.69) is 6.07 Å². The summed E-state index contributed by atoms with van der Waals surface area (Å²) in [6.45, 7) is 5.83. The summed E-state index contributed by atoms with van der Waals surface area (Å²) in [6, 6.07) is 9.63. The van der Waals surface area contributed by atoms with Crippen LogP contribution in [0.1, 0.15) is 29.2 Å². The highest BCUT2D eigenvalue weighted by atomic mass is 19.1. The highest BCUT2D eigenvalue weighted by Crippen LogP contribution is 2.25. The van der Waals surface area contributed by atoms with E-state index < -0.39 is 17.2 Å².